The molecule has 1 fully saturated rings. The molecular formula is C16H17ClOS. The Balaban J connectivity index is 2.04. The SMILES string of the molecule is OC(c1sccc1Cl)C1(c2ccccc2)CCCC1. The van der Waals surface area contributed by atoms with Crippen LogP contribution in [0.2, 0.25) is 5.02 Å². The highest BCUT2D eigenvalue weighted by Gasteiger charge is 2.43. The van der Waals surface area contributed by atoms with Crippen molar-refractivity contribution in [1.29, 1.82) is 0 Å². The second-order valence-corrected chi connectivity index (χ2v) is 6.62. The Morgan fingerprint density at radius 1 is 1.11 bits per heavy atom. The lowest BCUT2D eigenvalue weighted by molar-refractivity contribution is 0.0855. The van der Waals surface area contributed by atoms with Gasteiger partial charge in [0.05, 0.1) is 16.0 Å². The summed E-state index contributed by atoms with van der Waals surface area (Å²) in [4.78, 5) is 0.910. The molecule has 1 unspecified atom stereocenters. The highest BCUT2D eigenvalue weighted by Crippen LogP contribution is 2.51. The van der Waals surface area contributed by atoms with Gasteiger partial charge in [-0.15, -0.1) is 11.3 Å². The van der Waals surface area contributed by atoms with Gasteiger partial charge in [0.2, 0.25) is 0 Å². The maximum atomic E-state index is 10.9. The van der Waals surface area contributed by atoms with E-state index in [9.17, 15) is 5.11 Å². The zero-order valence-corrected chi connectivity index (χ0v) is 12.3. The van der Waals surface area contributed by atoms with E-state index >= 15 is 0 Å². The van der Waals surface area contributed by atoms with E-state index in [2.05, 4.69) is 24.3 Å². The molecule has 1 N–H and O–H groups in total. The van der Waals surface area contributed by atoms with Crippen molar-refractivity contribution in [3.63, 3.8) is 0 Å². The first-order valence-corrected chi connectivity index (χ1v) is 7.96. The van der Waals surface area contributed by atoms with Crippen LogP contribution in [0.3, 0.4) is 0 Å². The van der Waals surface area contributed by atoms with Crippen molar-refractivity contribution in [2.75, 3.05) is 0 Å². The Kier molecular flexibility index (Phi) is 3.66. The van der Waals surface area contributed by atoms with Gasteiger partial charge in [-0.1, -0.05) is 54.8 Å². The average molecular weight is 293 g/mol. The Morgan fingerprint density at radius 3 is 2.37 bits per heavy atom. The smallest absolute Gasteiger partial charge is 0.0993 e. The lowest BCUT2D eigenvalue weighted by Crippen LogP contribution is -2.30. The number of hydrogen-bond donors (Lipinski definition) is 1. The third-order valence-corrected chi connectivity index (χ3v) is 5.67. The summed E-state index contributed by atoms with van der Waals surface area (Å²) < 4.78 is 0. The molecule has 2 aromatic rings. The maximum absolute atomic E-state index is 10.9. The minimum absolute atomic E-state index is 0.157. The molecule has 0 amide bonds. The molecule has 0 bridgehead atoms. The Labute approximate surface area is 122 Å². The third kappa shape index (κ3) is 2.22. The molecule has 0 saturated heterocycles. The minimum atomic E-state index is -0.495. The molecule has 1 nitrogen and oxygen atoms in total. The van der Waals surface area contributed by atoms with E-state index in [4.69, 9.17) is 11.6 Å². The maximum Gasteiger partial charge on any atom is 0.0993 e. The van der Waals surface area contributed by atoms with Gasteiger partial charge in [-0.25, -0.2) is 0 Å². The van der Waals surface area contributed by atoms with Gasteiger partial charge >= 0.3 is 0 Å². The molecule has 0 spiro atoms. The van der Waals surface area contributed by atoms with Gasteiger partial charge in [-0.05, 0) is 29.9 Å². The summed E-state index contributed by atoms with van der Waals surface area (Å²) in [6, 6.07) is 12.3. The van der Waals surface area contributed by atoms with Crippen molar-refractivity contribution < 1.29 is 5.11 Å². The van der Waals surface area contributed by atoms with Crippen LogP contribution < -0.4 is 0 Å². The van der Waals surface area contributed by atoms with Crippen LogP contribution in [0.15, 0.2) is 41.8 Å². The summed E-state index contributed by atoms with van der Waals surface area (Å²) in [6.07, 6.45) is 3.92. The van der Waals surface area contributed by atoms with Crippen molar-refractivity contribution in [2.24, 2.45) is 0 Å². The second kappa shape index (κ2) is 5.28. The quantitative estimate of drug-likeness (QED) is 0.849. The zero-order valence-electron chi connectivity index (χ0n) is 10.7. The topological polar surface area (TPSA) is 20.2 Å². The zero-order chi connectivity index (χ0) is 13.3. The first-order valence-electron chi connectivity index (χ1n) is 6.70. The Hall–Kier alpha value is -0.830. The molecule has 0 aliphatic heterocycles. The predicted molar refractivity (Wildman–Crippen MR) is 80.9 cm³/mol. The van der Waals surface area contributed by atoms with Crippen molar-refractivity contribution in [3.05, 3.63) is 57.2 Å². The second-order valence-electron chi connectivity index (χ2n) is 5.26. The fourth-order valence-corrected chi connectivity index (χ4v) is 4.51. The monoisotopic (exact) mass is 292 g/mol. The number of aliphatic hydroxyl groups is 1. The van der Waals surface area contributed by atoms with Gasteiger partial charge in [0.15, 0.2) is 0 Å². The average Bonchev–Trinajstić information content (AvgIpc) is 3.08. The molecule has 1 aromatic carbocycles. The molecule has 1 aliphatic rings. The summed E-state index contributed by atoms with van der Waals surface area (Å²) in [5.41, 5.74) is 1.08. The minimum Gasteiger partial charge on any atom is -0.387 e. The van der Waals surface area contributed by atoms with Crippen molar-refractivity contribution in [2.45, 2.75) is 37.2 Å². The fourth-order valence-electron chi connectivity index (χ4n) is 3.25. The Morgan fingerprint density at radius 2 is 1.79 bits per heavy atom. The van der Waals surface area contributed by atoms with Crippen molar-refractivity contribution >= 4 is 22.9 Å². The highest BCUT2D eigenvalue weighted by atomic mass is 35.5. The molecule has 100 valence electrons. The number of rotatable bonds is 3. The molecule has 3 rings (SSSR count). The van der Waals surface area contributed by atoms with Gasteiger partial charge in [-0.3, -0.25) is 0 Å². The van der Waals surface area contributed by atoms with E-state index in [-0.39, 0.29) is 5.41 Å². The van der Waals surface area contributed by atoms with E-state index in [1.807, 2.05) is 17.5 Å². The van der Waals surface area contributed by atoms with E-state index in [1.54, 1.807) is 11.3 Å². The number of benzene rings is 1. The highest BCUT2D eigenvalue weighted by molar-refractivity contribution is 7.10. The molecule has 1 aliphatic carbocycles. The predicted octanol–water partition coefficient (Wildman–Crippen LogP) is 4.95. The summed E-state index contributed by atoms with van der Waals surface area (Å²) in [6.45, 7) is 0. The molecule has 1 atom stereocenters. The molecule has 19 heavy (non-hydrogen) atoms. The molecule has 0 radical (unpaired) electrons. The first-order chi connectivity index (χ1) is 9.24. The summed E-state index contributed by atoms with van der Waals surface area (Å²) in [7, 11) is 0. The van der Waals surface area contributed by atoms with Crippen molar-refractivity contribution in [1.82, 2.24) is 0 Å². The van der Waals surface area contributed by atoms with E-state index in [0.717, 1.165) is 17.7 Å². The summed E-state index contributed by atoms with van der Waals surface area (Å²) >= 11 is 7.77. The fraction of sp³-hybridized carbons (Fsp3) is 0.375. The van der Waals surface area contributed by atoms with Crippen LogP contribution >= 0.6 is 22.9 Å². The van der Waals surface area contributed by atoms with Gasteiger partial charge in [0.25, 0.3) is 0 Å². The number of thiophene rings is 1. The molecule has 1 saturated carbocycles. The normalized spacial score (nSPS) is 19.5. The molecular weight excluding hydrogens is 276 g/mol. The summed E-state index contributed by atoms with van der Waals surface area (Å²) in [5.74, 6) is 0. The summed E-state index contributed by atoms with van der Waals surface area (Å²) in [5, 5.41) is 13.6. The molecule has 1 aromatic heterocycles. The largest absolute Gasteiger partial charge is 0.387 e. The van der Waals surface area contributed by atoms with Crippen LogP contribution in [0, 0.1) is 0 Å². The molecule has 3 heteroatoms. The van der Waals surface area contributed by atoms with E-state index < -0.39 is 6.10 Å². The lowest BCUT2D eigenvalue weighted by atomic mass is 9.73. The van der Waals surface area contributed by atoms with Gasteiger partial charge in [0, 0.05) is 5.41 Å². The number of aliphatic hydroxyl groups excluding tert-OH is 1. The van der Waals surface area contributed by atoms with Gasteiger partial charge in [0.1, 0.15) is 0 Å². The first kappa shape index (κ1) is 13.2. The van der Waals surface area contributed by atoms with Gasteiger partial charge < -0.3 is 5.11 Å². The van der Waals surface area contributed by atoms with Crippen LogP contribution in [0.25, 0.3) is 0 Å². The van der Waals surface area contributed by atoms with Gasteiger partial charge in [-0.2, -0.15) is 0 Å². The number of halogens is 1. The third-order valence-electron chi connectivity index (χ3n) is 4.26. The standard InChI is InChI=1S/C16H17ClOS/c17-13-8-11-19-14(13)15(18)16(9-4-5-10-16)12-6-2-1-3-7-12/h1-3,6-8,11,15,18H,4-5,9-10H2. The van der Waals surface area contributed by atoms with Crippen LogP contribution in [0.1, 0.15) is 42.2 Å². The lowest BCUT2D eigenvalue weighted by Gasteiger charge is -2.34. The Bertz CT molecular complexity index is 543. The van der Waals surface area contributed by atoms with Crippen LogP contribution in [-0.4, -0.2) is 5.11 Å². The van der Waals surface area contributed by atoms with E-state index in [1.165, 1.54) is 18.4 Å². The van der Waals surface area contributed by atoms with Crippen LogP contribution in [0.5, 0.6) is 0 Å². The molecule has 1 heterocycles. The van der Waals surface area contributed by atoms with Crippen molar-refractivity contribution in [3.8, 4) is 0 Å². The van der Waals surface area contributed by atoms with E-state index in [0.29, 0.717) is 5.02 Å². The number of hydrogen-bond acceptors (Lipinski definition) is 2. The van der Waals surface area contributed by atoms with Crippen LogP contribution in [0.4, 0.5) is 0 Å². The van der Waals surface area contributed by atoms with Crippen LogP contribution in [-0.2, 0) is 5.41 Å².